The zero-order valence-corrected chi connectivity index (χ0v) is 12.7. The highest BCUT2D eigenvalue weighted by molar-refractivity contribution is 5.05. The second kappa shape index (κ2) is 5.49. The van der Waals surface area contributed by atoms with Crippen molar-refractivity contribution in [2.75, 3.05) is 6.54 Å². The van der Waals surface area contributed by atoms with Crippen molar-refractivity contribution in [2.24, 2.45) is 23.2 Å². The van der Waals surface area contributed by atoms with Gasteiger partial charge in [0.05, 0.1) is 0 Å². The van der Waals surface area contributed by atoms with E-state index in [4.69, 9.17) is 0 Å². The van der Waals surface area contributed by atoms with Crippen LogP contribution in [0.15, 0.2) is 0 Å². The van der Waals surface area contributed by atoms with Crippen molar-refractivity contribution in [3.8, 4) is 11.8 Å². The molecule has 0 aromatic carbocycles. The van der Waals surface area contributed by atoms with Gasteiger partial charge in [0.25, 0.3) is 0 Å². The third-order valence-corrected chi connectivity index (χ3v) is 5.86. The van der Waals surface area contributed by atoms with Gasteiger partial charge in [-0.25, -0.2) is 0 Å². The minimum Gasteiger partial charge on any atom is -0.313 e. The summed E-state index contributed by atoms with van der Waals surface area (Å²) < 4.78 is 0. The average molecular weight is 259 g/mol. The van der Waals surface area contributed by atoms with Gasteiger partial charge in [-0.05, 0) is 81.6 Å². The first-order chi connectivity index (χ1) is 9.23. The molecule has 4 aliphatic rings. The van der Waals surface area contributed by atoms with Crippen LogP contribution in [0.2, 0.25) is 0 Å². The quantitative estimate of drug-likeness (QED) is 0.736. The molecular formula is C18H29N. The van der Waals surface area contributed by atoms with Crippen molar-refractivity contribution in [1.82, 2.24) is 5.32 Å². The molecule has 0 heterocycles. The molecule has 0 aliphatic heterocycles. The van der Waals surface area contributed by atoms with Crippen molar-refractivity contribution in [2.45, 2.75) is 71.3 Å². The van der Waals surface area contributed by atoms with Gasteiger partial charge in [-0.15, -0.1) is 11.8 Å². The molecule has 4 bridgehead atoms. The zero-order valence-electron chi connectivity index (χ0n) is 12.7. The lowest BCUT2D eigenvalue weighted by Crippen LogP contribution is -2.48. The van der Waals surface area contributed by atoms with Crippen molar-refractivity contribution in [3.63, 3.8) is 0 Å². The average Bonchev–Trinajstić information content (AvgIpc) is 2.34. The summed E-state index contributed by atoms with van der Waals surface area (Å²) in [7, 11) is 0. The minimum absolute atomic E-state index is 0.633. The summed E-state index contributed by atoms with van der Waals surface area (Å²) in [6.45, 7) is 5.28. The van der Waals surface area contributed by atoms with Gasteiger partial charge in [-0.2, -0.15) is 0 Å². The summed E-state index contributed by atoms with van der Waals surface area (Å²) >= 11 is 0. The predicted octanol–water partition coefficient (Wildman–Crippen LogP) is 3.98. The van der Waals surface area contributed by atoms with Crippen LogP contribution in [0.25, 0.3) is 0 Å². The molecule has 0 aromatic rings. The van der Waals surface area contributed by atoms with Gasteiger partial charge in [0.2, 0.25) is 0 Å². The van der Waals surface area contributed by atoms with Gasteiger partial charge in [0, 0.05) is 12.5 Å². The lowest BCUT2D eigenvalue weighted by Gasteiger charge is -2.57. The van der Waals surface area contributed by atoms with Crippen LogP contribution in [0.5, 0.6) is 0 Å². The predicted molar refractivity (Wildman–Crippen MR) is 80.8 cm³/mol. The molecule has 4 fully saturated rings. The molecule has 1 unspecified atom stereocenters. The number of hydrogen-bond acceptors (Lipinski definition) is 1. The molecule has 0 aromatic heterocycles. The van der Waals surface area contributed by atoms with Crippen LogP contribution in [0.1, 0.15) is 65.2 Å². The van der Waals surface area contributed by atoms with Crippen LogP contribution < -0.4 is 5.32 Å². The Labute approximate surface area is 118 Å². The molecule has 1 atom stereocenters. The topological polar surface area (TPSA) is 12.0 Å². The maximum absolute atomic E-state index is 3.69. The van der Waals surface area contributed by atoms with Crippen molar-refractivity contribution in [1.29, 1.82) is 0 Å². The van der Waals surface area contributed by atoms with E-state index >= 15 is 0 Å². The normalized spacial score (nSPS) is 40.8. The Hall–Kier alpha value is -0.480. The summed E-state index contributed by atoms with van der Waals surface area (Å²) in [5, 5.41) is 3.69. The van der Waals surface area contributed by atoms with Crippen LogP contribution in [0.4, 0.5) is 0 Å². The first-order valence-electron chi connectivity index (χ1n) is 8.36. The van der Waals surface area contributed by atoms with E-state index in [1.807, 2.05) is 6.92 Å². The molecule has 106 valence electrons. The van der Waals surface area contributed by atoms with Gasteiger partial charge in [-0.1, -0.05) is 6.92 Å². The molecule has 1 heteroatoms. The molecule has 1 nitrogen and oxygen atoms in total. The fourth-order valence-corrected chi connectivity index (χ4v) is 5.79. The maximum Gasteiger partial charge on any atom is 0.0243 e. The smallest absolute Gasteiger partial charge is 0.0243 e. The highest BCUT2D eigenvalue weighted by Crippen LogP contribution is 2.61. The van der Waals surface area contributed by atoms with Crippen LogP contribution in [0, 0.1) is 35.0 Å². The van der Waals surface area contributed by atoms with Crippen molar-refractivity contribution < 1.29 is 0 Å². The van der Waals surface area contributed by atoms with Gasteiger partial charge in [-0.3, -0.25) is 0 Å². The molecule has 0 amide bonds. The lowest BCUT2D eigenvalue weighted by molar-refractivity contribution is -0.0617. The van der Waals surface area contributed by atoms with Gasteiger partial charge in [0.1, 0.15) is 0 Å². The zero-order chi connectivity index (χ0) is 13.3. The highest BCUT2D eigenvalue weighted by atomic mass is 14.9. The Morgan fingerprint density at radius 3 is 2.16 bits per heavy atom. The number of rotatable bonds is 5. The Balaban J connectivity index is 1.67. The molecule has 1 N–H and O–H groups in total. The highest BCUT2D eigenvalue weighted by Gasteiger charge is 2.51. The minimum atomic E-state index is 0.633. The van der Waals surface area contributed by atoms with E-state index in [2.05, 4.69) is 24.1 Å². The summed E-state index contributed by atoms with van der Waals surface area (Å²) in [4.78, 5) is 0. The Morgan fingerprint density at radius 1 is 1.11 bits per heavy atom. The van der Waals surface area contributed by atoms with E-state index < -0.39 is 0 Å². The molecule has 4 saturated carbocycles. The second-order valence-electron chi connectivity index (χ2n) is 7.51. The second-order valence-corrected chi connectivity index (χ2v) is 7.51. The maximum atomic E-state index is 3.69. The van der Waals surface area contributed by atoms with Crippen LogP contribution in [-0.2, 0) is 0 Å². The van der Waals surface area contributed by atoms with Gasteiger partial charge >= 0.3 is 0 Å². The van der Waals surface area contributed by atoms with E-state index in [-0.39, 0.29) is 0 Å². The largest absolute Gasteiger partial charge is 0.313 e. The molecule has 19 heavy (non-hydrogen) atoms. The van der Waals surface area contributed by atoms with Gasteiger partial charge in [0.15, 0.2) is 0 Å². The van der Waals surface area contributed by atoms with E-state index in [1.54, 1.807) is 19.3 Å². The number of nitrogens with one attached hydrogen (secondary N) is 1. The molecule has 4 rings (SSSR count). The summed E-state index contributed by atoms with van der Waals surface area (Å²) in [6, 6.07) is 0.633. The molecule has 0 radical (unpaired) electrons. The molecule has 0 saturated heterocycles. The lowest BCUT2D eigenvalue weighted by atomic mass is 9.48. The fraction of sp³-hybridized carbons (Fsp3) is 0.889. The van der Waals surface area contributed by atoms with Crippen LogP contribution in [-0.4, -0.2) is 12.6 Å². The third-order valence-electron chi connectivity index (χ3n) is 5.86. The van der Waals surface area contributed by atoms with Crippen molar-refractivity contribution >= 4 is 0 Å². The molecule has 4 aliphatic carbocycles. The van der Waals surface area contributed by atoms with Gasteiger partial charge < -0.3 is 5.32 Å². The number of hydrogen-bond donors (Lipinski definition) is 1. The van der Waals surface area contributed by atoms with Crippen molar-refractivity contribution in [3.05, 3.63) is 0 Å². The Bertz CT molecular complexity index is 338. The first-order valence-corrected chi connectivity index (χ1v) is 8.36. The summed E-state index contributed by atoms with van der Waals surface area (Å²) in [5.74, 6) is 9.60. The summed E-state index contributed by atoms with van der Waals surface area (Å²) in [5.41, 5.74) is 0.691. The molecule has 0 spiro atoms. The monoisotopic (exact) mass is 259 g/mol. The Morgan fingerprint density at radius 2 is 1.68 bits per heavy atom. The SMILES string of the molecule is CC#CCC(CC12CC3CC(CC(C3)C1)C2)NCC. The van der Waals surface area contributed by atoms with E-state index in [0.29, 0.717) is 11.5 Å². The van der Waals surface area contributed by atoms with Crippen LogP contribution >= 0.6 is 0 Å². The molecular weight excluding hydrogens is 230 g/mol. The fourth-order valence-electron chi connectivity index (χ4n) is 5.79. The standard InChI is InChI=1S/C18H29N/c1-3-5-6-17(19-4-2)13-18-10-14-7-15(11-18)9-16(8-14)12-18/h14-17,19H,4,6-13H2,1-2H3. The third kappa shape index (κ3) is 2.84. The van der Waals surface area contributed by atoms with E-state index in [0.717, 1.165) is 30.7 Å². The van der Waals surface area contributed by atoms with E-state index in [9.17, 15) is 0 Å². The van der Waals surface area contributed by atoms with E-state index in [1.165, 1.54) is 25.7 Å². The first kappa shape index (κ1) is 13.5. The Kier molecular flexibility index (Phi) is 3.90. The van der Waals surface area contributed by atoms with Crippen LogP contribution in [0.3, 0.4) is 0 Å². The summed E-state index contributed by atoms with van der Waals surface area (Å²) in [6.07, 6.45) is 11.7.